The van der Waals surface area contributed by atoms with Crippen LogP contribution in [0.2, 0.25) is 0 Å². The summed E-state index contributed by atoms with van der Waals surface area (Å²) in [6.07, 6.45) is 0.950. The Balaban J connectivity index is 1.26. The molecular weight excluding hydrogens is 474 g/mol. The first-order valence-corrected chi connectivity index (χ1v) is 12.8. The first-order valence-electron chi connectivity index (χ1n) is 12.0. The zero-order chi connectivity index (χ0) is 25.2. The van der Waals surface area contributed by atoms with Crippen molar-refractivity contribution in [3.8, 4) is 22.8 Å². The zero-order valence-corrected chi connectivity index (χ0v) is 21.0. The quantitative estimate of drug-likeness (QED) is 0.282. The third kappa shape index (κ3) is 4.90. The van der Waals surface area contributed by atoms with Gasteiger partial charge in [0.1, 0.15) is 11.8 Å². The van der Waals surface area contributed by atoms with E-state index in [4.69, 9.17) is 9.47 Å². The molecule has 1 aliphatic rings. The number of pyridine rings is 1. The Morgan fingerprint density at radius 1 is 1.03 bits per heavy atom. The Morgan fingerprint density at radius 2 is 1.81 bits per heavy atom. The second kappa shape index (κ2) is 10.2. The van der Waals surface area contributed by atoms with Crippen LogP contribution in [-0.4, -0.2) is 41.0 Å². The lowest BCUT2D eigenvalue weighted by atomic mass is 9.92. The highest BCUT2D eigenvalue weighted by Crippen LogP contribution is 2.35. The van der Waals surface area contributed by atoms with Crippen LogP contribution in [0, 0.1) is 6.92 Å². The topological polar surface area (TPSA) is 85.7 Å². The van der Waals surface area contributed by atoms with Gasteiger partial charge in [0.25, 0.3) is 0 Å². The molecule has 0 spiro atoms. The smallest absolute Gasteiger partial charge is 0.181 e. The molecule has 5 rings (SSSR count). The Bertz CT molecular complexity index is 1440. The third-order valence-corrected chi connectivity index (χ3v) is 7.67. The maximum Gasteiger partial charge on any atom is 0.181 e. The van der Waals surface area contributed by atoms with Crippen LogP contribution in [0.15, 0.2) is 60.0 Å². The van der Waals surface area contributed by atoms with Crippen LogP contribution in [0.5, 0.6) is 11.5 Å². The first kappa shape index (κ1) is 24.2. The number of nitrogens with zero attached hydrogens (tertiary/aromatic N) is 1. The summed E-state index contributed by atoms with van der Waals surface area (Å²) in [6.45, 7) is 2.09. The van der Waals surface area contributed by atoms with Gasteiger partial charge in [-0.25, -0.2) is 4.98 Å². The number of carbonyl (C=O) groups excluding carboxylic acids is 2. The van der Waals surface area contributed by atoms with E-state index in [1.165, 1.54) is 17.4 Å². The lowest BCUT2D eigenvalue weighted by Gasteiger charge is -2.32. The SMILES string of the molecule is COc1cc(C(=O)CCC(=O)c2cccc(-c3csc4c(C)cccc34)n2)ccc1OC1CC(O)C1. The molecule has 1 aliphatic carbocycles. The van der Waals surface area contributed by atoms with Gasteiger partial charge in [-0.05, 0) is 42.8 Å². The summed E-state index contributed by atoms with van der Waals surface area (Å²) in [7, 11) is 1.52. The predicted octanol–water partition coefficient (Wildman–Crippen LogP) is 6.03. The number of benzene rings is 2. The van der Waals surface area contributed by atoms with Gasteiger partial charge in [-0.15, -0.1) is 11.3 Å². The Kier molecular flexibility index (Phi) is 6.85. The monoisotopic (exact) mass is 501 g/mol. The minimum atomic E-state index is -0.316. The number of ether oxygens (including phenoxy) is 2. The summed E-state index contributed by atoms with van der Waals surface area (Å²) in [4.78, 5) is 30.4. The first-order chi connectivity index (χ1) is 17.4. The van der Waals surface area contributed by atoms with Crippen molar-refractivity contribution in [2.45, 2.75) is 44.8 Å². The molecule has 36 heavy (non-hydrogen) atoms. The molecule has 1 N–H and O–H groups in total. The highest BCUT2D eigenvalue weighted by atomic mass is 32.1. The van der Waals surface area contributed by atoms with Gasteiger partial charge in [-0.2, -0.15) is 0 Å². The second-order valence-electron chi connectivity index (χ2n) is 9.09. The number of ketones is 2. The minimum absolute atomic E-state index is 0.0487. The molecule has 1 fully saturated rings. The molecular formula is C29H27NO5S. The van der Waals surface area contributed by atoms with Crippen molar-refractivity contribution in [3.63, 3.8) is 0 Å². The average molecular weight is 502 g/mol. The molecule has 0 radical (unpaired) electrons. The second-order valence-corrected chi connectivity index (χ2v) is 9.97. The molecule has 1 saturated carbocycles. The zero-order valence-electron chi connectivity index (χ0n) is 20.2. The number of thiophene rings is 1. The summed E-state index contributed by atoms with van der Waals surface area (Å²) < 4.78 is 12.5. The van der Waals surface area contributed by atoms with Crippen molar-refractivity contribution in [1.82, 2.24) is 4.98 Å². The summed E-state index contributed by atoms with van der Waals surface area (Å²) >= 11 is 1.67. The molecule has 4 aromatic rings. The van der Waals surface area contributed by atoms with Crippen LogP contribution < -0.4 is 9.47 Å². The van der Waals surface area contributed by atoms with Gasteiger partial charge in [-0.3, -0.25) is 9.59 Å². The molecule has 0 atom stereocenters. The fraction of sp³-hybridized carbons (Fsp3) is 0.276. The van der Waals surface area contributed by atoms with Crippen LogP contribution in [0.1, 0.15) is 52.1 Å². The van der Waals surface area contributed by atoms with E-state index < -0.39 is 0 Å². The minimum Gasteiger partial charge on any atom is -0.493 e. The molecule has 0 unspecified atom stereocenters. The molecule has 2 aromatic carbocycles. The van der Waals surface area contributed by atoms with Crippen LogP contribution in [0.4, 0.5) is 0 Å². The number of rotatable bonds is 9. The van der Waals surface area contributed by atoms with Crippen LogP contribution in [-0.2, 0) is 0 Å². The summed E-state index contributed by atoms with van der Waals surface area (Å²) in [5.41, 5.74) is 3.80. The molecule has 2 heterocycles. The highest BCUT2D eigenvalue weighted by molar-refractivity contribution is 7.18. The van der Waals surface area contributed by atoms with Crippen molar-refractivity contribution in [3.05, 3.63) is 76.8 Å². The summed E-state index contributed by atoms with van der Waals surface area (Å²) in [5, 5.41) is 12.7. The highest BCUT2D eigenvalue weighted by Gasteiger charge is 2.29. The van der Waals surface area contributed by atoms with Crippen molar-refractivity contribution >= 4 is 33.0 Å². The predicted molar refractivity (Wildman–Crippen MR) is 140 cm³/mol. The van der Waals surface area contributed by atoms with E-state index >= 15 is 0 Å². The summed E-state index contributed by atoms with van der Waals surface area (Å²) in [6, 6.07) is 16.7. The number of hydrogen-bond donors (Lipinski definition) is 1. The molecule has 6 nitrogen and oxygen atoms in total. The third-order valence-electron chi connectivity index (χ3n) is 6.54. The van der Waals surface area contributed by atoms with E-state index in [-0.39, 0.29) is 36.6 Å². The van der Waals surface area contributed by atoms with Crippen LogP contribution in [0.3, 0.4) is 0 Å². The number of Topliss-reactive ketones (excluding diaryl/α,β-unsaturated/α-hetero) is 2. The Labute approximate surface area is 213 Å². The number of carbonyl (C=O) groups is 2. The van der Waals surface area contributed by atoms with Gasteiger partial charge in [0.2, 0.25) is 0 Å². The largest absolute Gasteiger partial charge is 0.493 e. The van der Waals surface area contributed by atoms with Crippen molar-refractivity contribution < 1.29 is 24.2 Å². The fourth-order valence-corrected chi connectivity index (χ4v) is 5.43. The van der Waals surface area contributed by atoms with Gasteiger partial charge in [-0.1, -0.05) is 24.3 Å². The number of aliphatic hydroxyl groups is 1. The van der Waals surface area contributed by atoms with Crippen molar-refractivity contribution in [1.29, 1.82) is 0 Å². The maximum absolute atomic E-state index is 12.9. The van der Waals surface area contributed by atoms with E-state index in [1.54, 1.807) is 35.6 Å². The van der Waals surface area contributed by atoms with Gasteiger partial charge < -0.3 is 14.6 Å². The fourth-order valence-electron chi connectivity index (χ4n) is 4.39. The molecule has 7 heteroatoms. The standard InChI is InChI=1S/C29H27NO5S/c1-17-5-3-6-21-22(16-36-29(17)21)23-7-4-8-24(30-23)26(33)11-10-25(32)18-9-12-27(28(13-18)34-2)35-20-14-19(31)15-20/h3-9,12-13,16,19-20,31H,10-11,14-15H2,1-2H3. The molecule has 0 amide bonds. The number of fused-ring (bicyclic) bond motifs is 1. The van der Waals surface area contributed by atoms with E-state index in [1.807, 2.05) is 18.2 Å². The van der Waals surface area contributed by atoms with E-state index in [2.05, 4.69) is 29.4 Å². The van der Waals surface area contributed by atoms with Crippen LogP contribution in [0.25, 0.3) is 21.3 Å². The number of aliphatic hydroxyl groups excluding tert-OH is 1. The Hall–Kier alpha value is -3.55. The average Bonchev–Trinajstić information content (AvgIpc) is 3.32. The van der Waals surface area contributed by atoms with Gasteiger partial charge in [0.05, 0.1) is 18.9 Å². The summed E-state index contributed by atoms with van der Waals surface area (Å²) in [5.74, 6) is 0.680. The van der Waals surface area contributed by atoms with Gasteiger partial charge in [0.15, 0.2) is 23.1 Å². The molecule has 0 bridgehead atoms. The van der Waals surface area contributed by atoms with E-state index in [0.717, 1.165) is 16.6 Å². The number of aromatic nitrogens is 1. The maximum atomic E-state index is 12.9. The lowest BCUT2D eigenvalue weighted by molar-refractivity contribution is -0.0118. The number of aryl methyl sites for hydroxylation is 1. The normalized spacial score (nSPS) is 17.0. The van der Waals surface area contributed by atoms with E-state index in [9.17, 15) is 14.7 Å². The van der Waals surface area contributed by atoms with Crippen LogP contribution >= 0.6 is 11.3 Å². The van der Waals surface area contributed by atoms with Crippen molar-refractivity contribution in [2.24, 2.45) is 0 Å². The number of hydrogen-bond acceptors (Lipinski definition) is 7. The lowest BCUT2D eigenvalue weighted by Crippen LogP contribution is -2.37. The van der Waals surface area contributed by atoms with Gasteiger partial charge >= 0.3 is 0 Å². The molecule has 184 valence electrons. The number of methoxy groups -OCH3 is 1. The Morgan fingerprint density at radius 3 is 2.58 bits per heavy atom. The molecule has 2 aromatic heterocycles. The van der Waals surface area contributed by atoms with E-state index in [0.29, 0.717) is 35.6 Å². The molecule has 0 aliphatic heterocycles. The molecule has 0 saturated heterocycles. The van der Waals surface area contributed by atoms with Crippen molar-refractivity contribution in [2.75, 3.05) is 7.11 Å². The van der Waals surface area contributed by atoms with Gasteiger partial charge in [0, 0.05) is 52.3 Å².